The summed E-state index contributed by atoms with van der Waals surface area (Å²) in [5, 5.41) is 5.40. The second-order valence-electron chi connectivity index (χ2n) is 6.37. The molecule has 0 aromatic heterocycles. The molecular formula is C17H25ClN4O3. The average Bonchev–Trinajstić information content (AvgIpc) is 2.86. The zero-order valence-electron chi connectivity index (χ0n) is 14.5. The summed E-state index contributed by atoms with van der Waals surface area (Å²) in [5.74, 6) is 0.0271. The van der Waals surface area contributed by atoms with Gasteiger partial charge in [-0.05, 0) is 30.0 Å². The number of amides is 4. The second kappa shape index (κ2) is 9.39. The minimum Gasteiger partial charge on any atom is -0.348 e. The zero-order chi connectivity index (χ0) is 17.7. The number of rotatable bonds is 7. The van der Waals surface area contributed by atoms with Crippen molar-refractivity contribution in [2.24, 2.45) is 11.7 Å². The quantitative estimate of drug-likeness (QED) is 0.630. The normalized spacial score (nSPS) is 15.0. The number of benzene rings is 1. The fourth-order valence-electron chi connectivity index (χ4n) is 2.61. The van der Waals surface area contributed by atoms with Gasteiger partial charge in [-0.1, -0.05) is 26.0 Å². The number of nitrogens with zero attached hydrogens (tertiary/aromatic N) is 1. The van der Waals surface area contributed by atoms with Crippen LogP contribution in [0.1, 0.15) is 36.2 Å². The highest BCUT2D eigenvalue weighted by Crippen LogP contribution is 2.11. The molecule has 1 aliphatic rings. The number of imide groups is 1. The number of halogens is 1. The van der Waals surface area contributed by atoms with Gasteiger partial charge in [0.25, 0.3) is 5.91 Å². The average molecular weight is 369 g/mol. The van der Waals surface area contributed by atoms with Gasteiger partial charge in [0, 0.05) is 18.2 Å². The van der Waals surface area contributed by atoms with E-state index < -0.39 is 0 Å². The number of urea groups is 1. The van der Waals surface area contributed by atoms with Gasteiger partial charge < -0.3 is 16.4 Å². The van der Waals surface area contributed by atoms with Crippen molar-refractivity contribution in [2.45, 2.75) is 32.9 Å². The summed E-state index contributed by atoms with van der Waals surface area (Å²) in [6.45, 7) is 4.80. The van der Waals surface area contributed by atoms with Crippen molar-refractivity contribution in [1.29, 1.82) is 0 Å². The van der Waals surface area contributed by atoms with Crippen molar-refractivity contribution >= 4 is 30.3 Å². The van der Waals surface area contributed by atoms with Gasteiger partial charge in [-0.2, -0.15) is 0 Å². The van der Waals surface area contributed by atoms with Crippen molar-refractivity contribution in [3.05, 3.63) is 35.4 Å². The Morgan fingerprint density at radius 1 is 1.28 bits per heavy atom. The smallest absolute Gasteiger partial charge is 0.324 e. The molecule has 1 aliphatic heterocycles. The molecule has 1 heterocycles. The van der Waals surface area contributed by atoms with Crippen LogP contribution in [0.25, 0.3) is 0 Å². The molecular weight excluding hydrogens is 344 g/mol. The fraction of sp³-hybridized carbons (Fsp3) is 0.471. The second-order valence-corrected chi connectivity index (χ2v) is 6.37. The lowest BCUT2D eigenvalue weighted by Crippen LogP contribution is -2.41. The number of carbonyl (C=O) groups is 3. The molecule has 1 saturated heterocycles. The standard InChI is InChI=1S/C17H24N4O3.ClH/c1-11(2)7-14(8-18)20-16(23)13-5-3-12(4-6-13)10-21-15(22)9-19-17(21)24;/h3-6,11,14H,7-10,18H2,1-2H3,(H,19,24)(H,20,23);1H. The van der Waals surface area contributed by atoms with Crippen LogP contribution in [-0.4, -0.2) is 41.9 Å². The molecule has 1 atom stereocenters. The molecule has 25 heavy (non-hydrogen) atoms. The van der Waals surface area contributed by atoms with Gasteiger partial charge in [-0.15, -0.1) is 12.4 Å². The molecule has 0 aliphatic carbocycles. The van der Waals surface area contributed by atoms with Gasteiger partial charge >= 0.3 is 6.03 Å². The Kier molecular flexibility index (Phi) is 7.86. The van der Waals surface area contributed by atoms with Crippen molar-refractivity contribution in [3.63, 3.8) is 0 Å². The Balaban J connectivity index is 0.00000312. The summed E-state index contributed by atoms with van der Waals surface area (Å²) >= 11 is 0. The minimum atomic E-state index is -0.388. The molecule has 2 rings (SSSR count). The number of hydrogen-bond donors (Lipinski definition) is 3. The summed E-state index contributed by atoms with van der Waals surface area (Å²) < 4.78 is 0. The molecule has 4 amide bonds. The van der Waals surface area contributed by atoms with E-state index in [0.717, 1.165) is 16.9 Å². The van der Waals surface area contributed by atoms with Crippen molar-refractivity contribution in [2.75, 3.05) is 13.1 Å². The first-order valence-electron chi connectivity index (χ1n) is 8.08. The molecule has 0 saturated carbocycles. The van der Waals surface area contributed by atoms with Gasteiger partial charge in [-0.25, -0.2) is 4.79 Å². The predicted molar refractivity (Wildman–Crippen MR) is 97.4 cm³/mol. The van der Waals surface area contributed by atoms with Crippen molar-refractivity contribution < 1.29 is 14.4 Å². The molecule has 1 aromatic rings. The van der Waals surface area contributed by atoms with Gasteiger partial charge in [0.15, 0.2) is 0 Å². The predicted octanol–water partition coefficient (Wildman–Crippen LogP) is 1.26. The Bertz CT molecular complexity index is 603. The van der Waals surface area contributed by atoms with Gasteiger partial charge in [-0.3, -0.25) is 14.5 Å². The summed E-state index contributed by atoms with van der Waals surface area (Å²) in [7, 11) is 0. The Hall–Kier alpha value is -2.12. The fourth-order valence-corrected chi connectivity index (χ4v) is 2.61. The van der Waals surface area contributed by atoms with Crippen molar-refractivity contribution in [1.82, 2.24) is 15.5 Å². The largest absolute Gasteiger partial charge is 0.348 e. The summed E-state index contributed by atoms with van der Waals surface area (Å²) in [4.78, 5) is 36.5. The molecule has 0 bridgehead atoms. The monoisotopic (exact) mass is 368 g/mol. The third-order valence-corrected chi connectivity index (χ3v) is 3.87. The van der Waals surface area contributed by atoms with E-state index in [1.54, 1.807) is 24.3 Å². The highest BCUT2D eigenvalue weighted by molar-refractivity contribution is 6.01. The van der Waals surface area contributed by atoms with Crippen LogP contribution in [0.5, 0.6) is 0 Å². The van der Waals surface area contributed by atoms with Crippen LogP contribution < -0.4 is 16.4 Å². The van der Waals surface area contributed by atoms with E-state index in [-0.39, 0.29) is 49.4 Å². The number of carbonyl (C=O) groups excluding carboxylic acids is 3. The number of hydrogen-bond acceptors (Lipinski definition) is 4. The first-order chi connectivity index (χ1) is 11.4. The maximum atomic E-state index is 12.3. The first-order valence-corrected chi connectivity index (χ1v) is 8.08. The summed E-state index contributed by atoms with van der Waals surface area (Å²) in [6.07, 6.45) is 0.826. The van der Waals surface area contributed by atoms with E-state index in [0.29, 0.717) is 18.0 Å². The van der Waals surface area contributed by atoms with Gasteiger partial charge in [0.05, 0.1) is 13.1 Å². The number of nitrogens with two attached hydrogens (primary N) is 1. The van der Waals surface area contributed by atoms with Crippen LogP contribution in [0.4, 0.5) is 4.79 Å². The van der Waals surface area contributed by atoms with E-state index in [1.165, 1.54) is 0 Å². The molecule has 4 N–H and O–H groups in total. The van der Waals surface area contributed by atoms with Crippen LogP contribution in [0.2, 0.25) is 0 Å². The van der Waals surface area contributed by atoms with Crippen LogP contribution >= 0.6 is 12.4 Å². The molecule has 0 spiro atoms. The van der Waals surface area contributed by atoms with E-state index in [9.17, 15) is 14.4 Å². The van der Waals surface area contributed by atoms with Crippen LogP contribution in [0.3, 0.4) is 0 Å². The molecule has 1 fully saturated rings. The molecule has 1 unspecified atom stereocenters. The lowest BCUT2D eigenvalue weighted by Gasteiger charge is -2.19. The Labute approximate surface area is 153 Å². The maximum Gasteiger partial charge on any atom is 0.324 e. The SMILES string of the molecule is CC(C)CC(CN)NC(=O)c1ccc(CN2C(=O)CNC2=O)cc1.Cl. The third kappa shape index (κ3) is 5.72. The van der Waals surface area contributed by atoms with E-state index in [4.69, 9.17) is 5.73 Å². The zero-order valence-corrected chi connectivity index (χ0v) is 15.3. The minimum absolute atomic E-state index is 0. The lowest BCUT2D eigenvalue weighted by molar-refractivity contribution is -0.125. The highest BCUT2D eigenvalue weighted by Gasteiger charge is 2.28. The third-order valence-electron chi connectivity index (χ3n) is 3.87. The summed E-state index contributed by atoms with van der Waals surface area (Å²) in [6, 6.07) is 6.42. The topological polar surface area (TPSA) is 105 Å². The summed E-state index contributed by atoms with van der Waals surface area (Å²) in [5.41, 5.74) is 7.01. The molecule has 138 valence electrons. The van der Waals surface area contributed by atoms with E-state index in [1.807, 2.05) is 0 Å². The van der Waals surface area contributed by atoms with Crippen LogP contribution in [-0.2, 0) is 11.3 Å². The molecule has 1 aromatic carbocycles. The highest BCUT2D eigenvalue weighted by atomic mass is 35.5. The lowest BCUT2D eigenvalue weighted by atomic mass is 10.0. The van der Waals surface area contributed by atoms with E-state index in [2.05, 4.69) is 24.5 Å². The van der Waals surface area contributed by atoms with Gasteiger partial charge in [0.1, 0.15) is 0 Å². The molecule has 7 nitrogen and oxygen atoms in total. The molecule has 0 radical (unpaired) electrons. The van der Waals surface area contributed by atoms with Crippen LogP contribution in [0.15, 0.2) is 24.3 Å². The Morgan fingerprint density at radius 2 is 1.92 bits per heavy atom. The Morgan fingerprint density at radius 3 is 2.40 bits per heavy atom. The first kappa shape index (κ1) is 20.9. The van der Waals surface area contributed by atoms with E-state index >= 15 is 0 Å². The molecule has 8 heteroatoms. The maximum absolute atomic E-state index is 12.3. The number of nitrogens with one attached hydrogen (secondary N) is 2. The van der Waals surface area contributed by atoms with Crippen molar-refractivity contribution in [3.8, 4) is 0 Å². The van der Waals surface area contributed by atoms with Gasteiger partial charge in [0.2, 0.25) is 5.91 Å². The van der Waals surface area contributed by atoms with Crippen LogP contribution in [0, 0.1) is 5.92 Å².